The van der Waals surface area contributed by atoms with Gasteiger partial charge in [0.15, 0.2) is 18.3 Å². The lowest BCUT2D eigenvalue weighted by Crippen LogP contribution is -2.87. The number of urea groups is 1. The Kier molecular flexibility index (Phi) is 6.18. The van der Waals surface area contributed by atoms with Crippen LogP contribution in [0.15, 0.2) is 53.1 Å². The fraction of sp³-hybridized carbons (Fsp3) is 0.250. The number of furan rings is 1. The fourth-order valence-electron chi connectivity index (χ4n) is 2.17. The standard InChI is InChI=1S/C16H16F3N3O3/c17-16(18,19)10-21-15(24)22-13(23)9-20-14(12-7-4-8-25-12)11-5-2-1-3-6-11/h1-8,14,20H,9-10H2,(H2,21,22,23,24)/p+1/t14-/m1/s1. The van der Waals surface area contributed by atoms with Crippen molar-refractivity contribution in [1.29, 1.82) is 0 Å². The van der Waals surface area contributed by atoms with Crippen LogP contribution < -0.4 is 16.0 Å². The highest BCUT2D eigenvalue weighted by Gasteiger charge is 2.28. The van der Waals surface area contributed by atoms with E-state index >= 15 is 0 Å². The van der Waals surface area contributed by atoms with Crippen LogP contribution >= 0.6 is 0 Å². The molecule has 1 atom stereocenters. The average Bonchev–Trinajstić information content (AvgIpc) is 3.08. The normalized spacial score (nSPS) is 12.4. The average molecular weight is 356 g/mol. The molecule has 1 heterocycles. The molecule has 3 amide bonds. The van der Waals surface area contributed by atoms with Crippen LogP contribution in [0.5, 0.6) is 0 Å². The van der Waals surface area contributed by atoms with Crippen LogP contribution in [0.25, 0.3) is 0 Å². The molecule has 1 aromatic heterocycles. The number of nitrogens with two attached hydrogens (primary N) is 1. The smallest absolute Gasteiger partial charge is 0.405 e. The van der Waals surface area contributed by atoms with Gasteiger partial charge in [0.05, 0.1) is 6.26 Å². The van der Waals surface area contributed by atoms with Crippen molar-refractivity contribution in [2.24, 2.45) is 0 Å². The third-order valence-corrected chi connectivity index (χ3v) is 3.25. The Balaban J connectivity index is 1.90. The fourth-order valence-corrected chi connectivity index (χ4v) is 2.17. The predicted octanol–water partition coefficient (Wildman–Crippen LogP) is 1.32. The van der Waals surface area contributed by atoms with Crippen molar-refractivity contribution >= 4 is 11.9 Å². The van der Waals surface area contributed by atoms with E-state index in [0.29, 0.717) is 5.76 Å². The van der Waals surface area contributed by atoms with Crippen LogP contribution in [0.1, 0.15) is 17.4 Å². The van der Waals surface area contributed by atoms with Crippen molar-refractivity contribution in [3.63, 3.8) is 0 Å². The Morgan fingerprint density at radius 2 is 1.84 bits per heavy atom. The molecule has 6 nitrogen and oxygen atoms in total. The van der Waals surface area contributed by atoms with E-state index in [2.05, 4.69) is 0 Å². The van der Waals surface area contributed by atoms with Gasteiger partial charge < -0.3 is 15.1 Å². The molecule has 0 fully saturated rings. The molecule has 134 valence electrons. The number of benzene rings is 1. The number of amides is 3. The zero-order valence-corrected chi connectivity index (χ0v) is 13.0. The summed E-state index contributed by atoms with van der Waals surface area (Å²) in [6, 6.07) is 11.2. The largest absolute Gasteiger partial charge is 0.463 e. The molecule has 2 rings (SSSR count). The van der Waals surface area contributed by atoms with E-state index in [1.54, 1.807) is 22.8 Å². The Hall–Kier alpha value is -2.81. The summed E-state index contributed by atoms with van der Waals surface area (Å²) >= 11 is 0. The predicted molar refractivity (Wildman–Crippen MR) is 81.4 cm³/mol. The maximum absolute atomic E-state index is 12.0. The van der Waals surface area contributed by atoms with Gasteiger partial charge in [-0.3, -0.25) is 10.1 Å². The third kappa shape index (κ3) is 6.30. The van der Waals surface area contributed by atoms with Gasteiger partial charge in [-0.15, -0.1) is 0 Å². The molecule has 2 aromatic rings. The Bertz CT molecular complexity index is 688. The molecule has 0 saturated heterocycles. The first-order valence-corrected chi connectivity index (χ1v) is 7.41. The number of quaternary nitrogens is 1. The Morgan fingerprint density at radius 1 is 1.12 bits per heavy atom. The molecule has 1 aromatic carbocycles. The lowest BCUT2D eigenvalue weighted by atomic mass is 10.0. The quantitative estimate of drug-likeness (QED) is 0.729. The summed E-state index contributed by atoms with van der Waals surface area (Å²) in [6.07, 6.45) is -3.03. The molecule has 0 spiro atoms. The second kappa shape index (κ2) is 8.34. The molecule has 25 heavy (non-hydrogen) atoms. The van der Waals surface area contributed by atoms with E-state index in [4.69, 9.17) is 4.42 Å². The van der Waals surface area contributed by atoms with E-state index < -0.39 is 24.7 Å². The summed E-state index contributed by atoms with van der Waals surface area (Å²) in [5.74, 6) is -0.104. The Morgan fingerprint density at radius 3 is 2.44 bits per heavy atom. The van der Waals surface area contributed by atoms with Crippen LogP contribution in [0.2, 0.25) is 0 Å². The number of carbonyl (C=O) groups excluding carboxylic acids is 2. The van der Waals surface area contributed by atoms with Gasteiger partial charge in [-0.1, -0.05) is 30.3 Å². The number of alkyl halides is 3. The van der Waals surface area contributed by atoms with Crippen LogP contribution in [-0.2, 0) is 4.79 Å². The van der Waals surface area contributed by atoms with E-state index in [1.165, 1.54) is 6.26 Å². The minimum Gasteiger partial charge on any atom is -0.463 e. The highest BCUT2D eigenvalue weighted by atomic mass is 19.4. The summed E-state index contributed by atoms with van der Waals surface area (Å²) in [6.45, 7) is -1.67. The van der Waals surface area contributed by atoms with Crippen molar-refractivity contribution in [3.8, 4) is 0 Å². The van der Waals surface area contributed by atoms with Crippen LogP contribution in [0.4, 0.5) is 18.0 Å². The summed E-state index contributed by atoms with van der Waals surface area (Å²) in [5.41, 5.74) is 0.881. The van der Waals surface area contributed by atoms with Crippen LogP contribution in [0.3, 0.4) is 0 Å². The monoisotopic (exact) mass is 356 g/mol. The van der Waals surface area contributed by atoms with E-state index in [-0.39, 0.29) is 12.6 Å². The van der Waals surface area contributed by atoms with Gasteiger partial charge >= 0.3 is 12.2 Å². The summed E-state index contributed by atoms with van der Waals surface area (Å²) in [4.78, 5) is 23.0. The third-order valence-electron chi connectivity index (χ3n) is 3.25. The lowest BCUT2D eigenvalue weighted by Gasteiger charge is -2.14. The molecule has 0 aliphatic carbocycles. The van der Waals surface area contributed by atoms with E-state index in [1.807, 2.05) is 35.6 Å². The van der Waals surface area contributed by atoms with Crippen molar-refractivity contribution < 1.29 is 32.5 Å². The number of hydrogen-bond donors (Lipinski definition) is 3. The molecule has 0 aliphatic rings. The maximum atomic E-state index is 12.0. The molecule has 9 heteroatoms. The summed E-state index contributed by atoms with van der Waals surface area (Å²) < 4.78 is 41.4. The lowest BCUT2D eigenvalue weighted by molar-refractivity contribution is -0.678. The SMILES string of the molecule is O=C(C[NH2+][C@H](c1ccccc1)c1ccco1)NC(=O)NCC(F)(F)F. The van der Waals surface area contributed by atoms with Crippen molar-refractivity contribution in [1.82, 2.24) is 10.6 Å². The number of nitrogens with one attached hydrogen (secondary N) is 2. The van der Waals surface area contributed by atoms with Gasteiger partial charge in [0.1, 0.15) is 6.54 Å². The second-order valence-corrected chi connectivity index (χ2v) is 5.19. The molecule has 0 bridgehead atoms. The summed E-state index contributed by atoms with van der Waals surface area (Å²) in [5, 5.41) is 5.05. The highest BCUT2D eigenvalue weighted by molar-refractivity contribution is 5.94. The molecule has 4 N–H and O–H groups in total. The van der Waals surface area contributed by atoms with Crippen molar-refractivity contribution in [3.05, 3.63) is 60.1 Å². The minimum atomic E-state index is -4.54. The molecular weight excluding hydrogens is 339 g/mol. The highest BCUT2D eigenvalue weighted by Crippen LogP contribution is 2.18. The molecule has 0 aliphatic heterocycles. The molecule has 0 saturated carbocycles. The van der Waals surface area contributed by atoms with Gasteiger partial charge in [-0.2, -0.15) is 13.2 Å². The number of halogens is 3. The molecule has 0 unspecified atom stereocenters. The van der Waals surface area contributed by atoms with Gasteiger partial charge in [0.25, 0.3) is 5.91 Å². The summed E-state index contributed by atoms with van der Waals surface area (Å²) in [7, 11) is 0. The van der Waals surface area contributed by atoms with E-state index in [0.717, 1.165) is 5.56 Å². The van der Waals surface area contributed by atoms with Crippen molar-refractivity contribution in [2.75, 3.05) is 13.1 Å². The van der Waals surface area contributed by atoms with Gasteiger partial charge in [-0.05, 0) is 12.1 Å². The topological polar surface area (TPSA) is 88.0 Å². The van der Waals surface area contributed by atoms with Gasteiger partial charge in [0.2, 0.25) is 0 Å². The zero-order chi connectivity index (χ0) is 18.3. The van der Waals surface area contributed by atoms with Crippen molar-refractivity contribution in [2.45, 2.75) is 12.2 Å². The van der Waals surface area contributed by atoms with Crippen LogP contribution in [-0.4, -0.2) is 31.2 Å². The van der Waals surface area contributed by atoms with E-state index in [9.17, 15) is 22.8 Å². The van der Waals surface area contributed by atoms with Crippen LogP contribution in [0, 0.1) is 0 Å². The second-order valence-electron chi connectivity index (χ2n) is 5.19. The van der Waals surface area contributed by atoms with Gasteiger partial charge in [0, 0.05) is 5.56 Å². The zero-order valence-electron chi connectivity index (χ0n) is 13.0. The maximum Gasteiger partial charge on any atom is 0.405 e. The Labute approximate surface area is 141 Å². The number of carbonyl (C=O) groups is 2. The minimum absolute atomic E-state index is 0.167. The number of rotatable bonds is 6. The first-order chi connectivity index (χ1) is 11.8. The first kappa shape index (κ1) is 18.5. The molecule has 0 radical (unpaired) electrons. The number of hydrogen-bond acceptors (Lipinski definition) is 3. The van der Waals surface area contributed by atoms with Gasteiger partial charge in [-0.25, -0.2) is 4.79 Å². The number of imide groups is 1. The molecular formula is C16H17F3N3O3+. The first-order valence-electron chi connectivity index (χ1n) is 7.41.